The maximum absolute atomic E-state index is 12.4. The van der Waals surface area contributed by atoms with Crippen molar-refractivity contribution in [3.8, 4) is 0 Å². The third-order valence-electron chi connectivity index (χ3n) is 6.22. The highest BCUT2D eigenvalue weighted by atomic mass is 32.1. The Hall–Kier alpha value is -1.82. The molecule has 0 fully saturated rings. The molecule has 0 bridgehead atoms. The molecule has 17 heteroatoms. The van der Waals surface area contributed by atoms with E-state index in [1.807, 2.05) is 0 Å². The monoisotopic (exact) mass is 746 g/mol. The second-order valence-corrected chi connectivity index (χ2v) is 12.6. The van der Waals surface area contributed by atoms with E-state index in [2.05, 4.69) is 50.5 Å². The van der Waals surface area contributed by atoms with Gasteiger partial charge in [0, 0.05) is 35.9 Å². The van der Waals surface area contributed by atoms with Gasteiger partial charge in [-0.05, 0) is 12.8 Å². The van der Waals surface area contributed by atoms with Crippen LogP contribution in [0, 0.1) is 10.8 Å². The normalized spacial score (nSPS) is 11.4. The summed E-state index contributed by atoms with van der Waals surface area (Å²) in [5.74, 6) is -2.51. The highest BCUT2D eigenvalue weighted by molar-refractivity contribution is 7.80. The van der Waals surface area contributed by atoms with Gasteiger partial charge in [0.1, 0.15) is 39.6 Å². The van der Waals surface area contributed by atoms with E-state index in [1.54, 1.807) is 13.8 Å². The molecule has 0 radical (unpaired) electrons. The van der Waals surface area contributed by atoms with E-state index in [-0.39, 0.29) is 114 Å². The second-order valence-electron chi connectivity index (χ2n) is 10.9. The van der Waals surface area contributed by atoms with Crippen LogP contribution in [-0.2, 0) is 61.9 Å². The first kappa shape index (κ1) is 45.2. The first-order valence-electron chi connectivity index (χ1n) is 15.4. The van der Waals surface area contributed by atoms with Crippen molar-refractivity contribution >= 4 is 86.3 Å². The van der Waals surface area contributed by atoms with Gasteiger partial charge >= 0.3 is 35.8 Å². The molecule has 0 atom stereocenters. The van der Waals surface area contributed by atoms with Gasteiger partial charge in [-0.2, -0.15) is 50.5 Å². The lowest BCUT2D eigenvalue weighted by molar-refractivity contribution is -0.174. The minimum atomic E-state index is -1.39. The highest BCUT2D eigenvalue weighted by Crippen LogP contribution is 2.27. The molecule has 13 nitrogen and oxygen atoms in total. The first-order chi connectivity index (χ1) is 22.4. The minimum absolute atomic E-state index is 0.00135. The summed E-state index contributed by atoms with van der Waals surface area (Å²) in [5, 5.41) is 0. The quantitative estimate of drug-likeness (QED) is 0.0525. The fourth-order valence-corrected chi connectivity index (χ4v) is 4.32. The highest BCUT2D eigenvalue weighted by Gasteiger charge is 2.40. The number of hydrogen-bond acceptors (Lipinski definition) is 17. The largest absolute Gasteiger partial charge is 0.465 e. The average molecular weight is 747 g/mol. The summed E-state index contributed by atoms with van der Waals surface area (Å²) in [7, 11) is 0. The number of carbonyl (C=O) groups is 6. The third kappa shape index (κ3) is 21.7. The Morgan fingerprint density at radius 2 is 0.596 bits per heavy atom. The van der Waals surface area contributed by atoms with E-state index < -0.39 is 46.6 Å². The Morgan fingerprint density at radius 3 is 0.787 bits per heavy atom. The maximum atomic E-state index is 12.4. The number of rotatable bonds is 28. The van der Waals surface area contributed by atoms with E-state index in [4.69, 9.17) is 33.2 Å². The number of hydrogen-bond donors (Lipinski definition) is 4. The van der Waals surface area contributed by atoms with Crippen LogP contribution in [0.4, 0.5) is 0 Å². The van der Waals surface area contributed by atoms with Crippen molar-refractivity contribution in [3.63, 3.8) is 0 Å². The molecule has 0 aliphatic carbocycles. The summed E-state index contributed by atoms with van der Waals surface area (Å²) in [4.78, 5) is 74.0. The Bertz CT molecular complexity index is 780. The van der Waals surface area contributed by atoms with Crippen molar-refractivity contribution in [1.82, 2.24) is 0 Å². The van der Waals surface area contributed by atoms with Gasteiger partial charge in [0.25, 0.3) is 0 Å². The van der Waals surface area contributed by atoms with Gasteiger partial charge in [0.05, 0.1) is 49.7 Å². The number of esters is 6. The van der Waals surface area contributed by atoms with Crippen LogP contribution in [-0.4, -0.2) is 112 Å². The van der Waals surface area contributed by atoms with Gasteiger partial charge in [-0.3, -0.25) is 28.8 Å². The van der Waals surface area contributed by atoms with Gasteiger partial charge < -0.3 is 33.2 Å². The van der Waals surface area contributed by atoms with Crippen LogP contribution in [0.25, 0.3) is 0 Å². The molecular weight excluding hydrogens is 697 g/mol. The standard InChI is InChI=1S/C30H50O13S4/c1-3-5-23(31)38-17-29(18-39-24(32)6-4-2,19-40-25(33)7-11-44)15-37-16-30(20-41-26(34)8-12-45,21-42-27(35)9-13-46)22-43-28(36)10-14-47/h44-47H,3-22H2,1-2H3. The lowest BCUT2D eigenvalue weighted by Gasteiger charge is -2.35. The molecule has 0 rings (SSSR count). The van der Waals surface area contributed by atoms with Crippen LogP contribution in [0.15, 0.2) is 0 Å². The van der Waals surface area contributed by atoms with Crippen molar-refractivity contribution in [2.75, 3.05) is 75.9 Å². The fraction of sp³-hybridized carbons (Fsp3) is 0.800. The lowest BCUT2D eigenvalue weighted by Crippen LogP contribution is -2.47. The Labute approximate surface area is 299 Å². The van der Waals surface area contributed by atoms with Crippen molar-refractivity contribution in [2.45, 2.75) is 65.2 Å². The lowest BCUT2D eigenvalue weighted by atomic mass is 9.90. The van der Waals surface area contributed by atoms with E-state index >= 15 is 0 Å². The zero-order valence-corrected chi connectivity index (χ0v) is 30.8. The van der Waals surface area contributed by atoms with Crippen LogP contribution < -0.4 is 0 Å². The third-order valence-corrected chi connectivity index (χ3v) is 7.12. The summed E-state index contributed by atoms with van der Waals surface area (Å²) in [6.07, 6.45) is 1.28. The molecule has 0 spiro atoms. The summed E-state index contributed by atoms with van der Waals surface area (Å²) < 4.78 is 38.8. The van der Waals surface area contributed by atoms with Crippen LogP contribution in [0.3, 0.4) is 0 Å². The summed E-state index contributed by atoms with van der Waals surface area (Å²) in [6.45, 7) is 0.846. The fourth-order valence-electron chi connectivity index (χ4n) is 3.59. The maximum Gasteiger partial charge on any atom is 0.306 e. The van der Waals surface area contributed by atoms with Crippen LogP contribution in [0.1, 0.15) is 65.2 Å². The van der Waals surface area contributed by atoms with E-state index in [1.165, 1.54) is 0 Å². The zero-order chi connectivity index (χ0) is 35.6. The van der Waals surface area contributed by atoms with Gasteiger partial charge in [-0.15, -0.1) is 0 Å². The molecule has 0 saturated carbocycles. The van der Waals surface area contributed by atoms with E-state index in [0.717, 1.165) is 0 Å². The number of carbonyl (C=O) groups excluding carboxylic acids is 6. The number of thiol groups is 4. The predicted molar refractivity (Wildman–Crippen MR) is 185 cm³/mol. The smallest absolute Gasteiger partial charge is 0.306 e. The summed E-state index contributed by atoms with van der Waals surface area (Å²) in [6, 6.07) is 0. The number of ether oxygens (including phenoxy) is 7. The SMILES string of the molecule is CCCC(=O)OCC(COCC(COC(=O)CCS)(COC(=O)CCS)COC(=O)CCS)(COC(=O)CCC)COC(=O)CCS. The second kappa shape index (κ2) is 27.1. The molecule has 0 N–H and O–H groups in total. The molecule has 272 valence electrons. The summed E-state index contributed by atoms with van der Waals surface area (Å²) >= 11 is 16.2. The predicted octanol–water partition coefficient (Wildman–Crippen LogP) is 3.11. The molecule has 0 heterocycles. The molecule has 0 aromatic heterocycles. The molecule has 0 aromatic rings. The molecule has 0 unspecified atom stereocenters. The van der Waals surface area contributed by atoms with Crippen LogP contribution >= 0.6 is 50.5 Å². The van der Waals surface area contributed by atoms with Crippen LogP contribution in [0.5, 0.6) is 0 Å². The Balaban J connectivity index is 6.45. The molecule has 0 saturated heterocycles. The zero-order valence-electron chi connectivity index (χ0n) is 27.2. The van der Waals surface area contributed by atoms with Gasteiger partial charge in [-0.1, -0.05) is 13.8 Å². The van der Waals surface area contributed by atoms with Gasteiger partial charge in [-0.25, -0.2) is 0 Å². The topological polar surface area (TPSA) is 167 Å². The molecule has 0 amide bonds. The van der Waals surface area contributed by atoms with Crippen molar-refractivity contribution in [1.29, 1.82) is 0 Å². The summed E-state index contributed by atoms with van der Waals surface area (Å²) in [5.41, 5.74) is -2.75. The van der Waals surface area contributed by atoms with Crippen molar-refractivity contribution in [2.24, 2.45) is 10.8 Å². The van der Waals surface area contributed by atoms with Crippen molar-refractivity contribution in [3.05, 3.63) is 0 Å². The first-order valence-corrected chi connectivity index (χ1v) is 17.9. The van der Waals surface area contributed by atoms with Crippen LogP contribution in [0.2, 0.25) is 0 Å². The van der Waals surface area contributed by atoms with E-state index in [9.17, 15) is 28.8 Å². The van der Waals surface area contributed by atoms with Crippen molar-refractivity contribution < 1.29 is 61.9 Å². The molecule has 0 aliphatic rings. The molecular formula is C30H50O13S4. The van der Waals surface area contributed by atoms with Gasteiger partial charge in [0.2, 0.25) is 0 Å². The molecule has 0 aromatic carbocycles. The molecule has 0 aliphatic heterocycles. The molecule has 47 heavy (non-hydrogen) atoms. The Morgan fingerprint density at radius 1 is 0.383 bits per heavy atom. The minimum Gasteiger partial charge on any atom is -0.465 e. The van der Waals surface area contributed by atoms with E-state index in [0.29, 0.717) is 12.8 Å². The average Bonchev–Trinajstić information content (AvgIpc) is 3.03. The Kier molecular flexibility index (Phi) is 26.0. The van der Waals surface area contributed by atoms with Gasteiger partial charge in [0.15, 0.2) is 0 Å².